The molecule has 1 unspecified atom stereocenters. The Morgan fingerprint density at radius 3 is 1.73 bits per heavy atom. The predicted molar refractivity (Wildman–Crippen MR) is 210 cm³/mol. The van der Waals surface area contributed by atoms with Crippen LogP contribution in [0.1, 0.15) is 106 Å². The molecule has 3 aromatic rings. The first-order valence-corrected chi connectivity index (χ1v) is 21.1. The summed E-state index contributed by atoms with van der Waals surface area (Å²) >= 11 is -1.42. The Balaban J connectivity index is 1.93. The topological polar surface area (TPSA) is 0 Å². The third-order valence-electron chi connectivity index (χ3n) is 11.2. The molecule has 0 heterocycles. The van der Waals surface area contributed by atoms with Gasteiger partial charge in [-0.1, -0.05) is 0 Å². The molecule has 49 heavy (non-hydrogen) atoms. The van der Waals surface area contributed by atoms with Crippen molar-refractivity contribution in [1.82, 2.24) is 0 Å². The summed E-state index contributed by atoms with van der Waals surface area (Å²) in [5, 5.41) is 2.98. The molecule has 0 saturated carbocycles. The van der Waals surface area contributed by atoms with E-state index >= 15 is 0 Å². The molecular formula is C48H57Zr. The first-order chi connectivity index (χ1) is 23.1. The molecule has 1 heteroatoms. The summed E-state index contributed by atoms with van der Waals surface area (Å²) in [4.78, 5) is 0. The summed E-state index contributed by atoms with van der Waals surface area (Å²) in [6.45, 7) is 29.6. The zero-order chi connectivity index (χ0) is 35.5. The van der Waals surface area contributed by atoms with Crippen molar-refractivity contribution in [2.75, 3.05) is 0 Å². The maximum atomic E-state index is 2.61. The zero-order valence-corrected chi connectivity index (χ0v) is 34.6. The Bertz CT molecular complexity index is 2000. The average Bonchev–Trinajstić information content (AvgIpc) is 3.68. The van der Waals surface area contributed by atoms with Crippen molar-refractivity contribution in [3.63, 3.8) is 0 Å². The second-order valence-electron chi connectivity index (χ2n) is 17.4. The molecule has 0 nitrogen and oxygen atoms in total. The molecule has 6 rings (SSSR count). The van der Waals surface area contributed by atoms with Crippen molar-refractivity contribution in [3.05, 3.63) is 152 Å². The van der Waals surface area contributed by atoms with E-state index in [2.05, 4.69) is 180 Å². The molecule has 0 amide bonds. The van der Waals surface area contributed by atoms with Crippen LogP contribution in [0, 0.1) is 28.6 Å². The van der Waals surface area contributed by atoms with Crippen LogP contribution in [0.25, 0.3) is 8.85 Å². The predicted octanol–water partition coefficient (Wildman–Crippen LogP) is 11.1. The van der Waals surface area contributed by atoms with Crippen LogP contribution in [0.3, 0.4) is 0 Å². The van der Waals surface area contributed by atoms with Crippen LogP contribution in [0.5, 0.6) is 0 Å². The molecule has 0 saturated heterocycles. The maximum absolute atomic E-state index is 2.61. The van der Waals surface area contributed by atoms with Gasteiger partial charge in [0.1, 0.15) is 0 Å². The SMILES string of the molecule is CC(C)C1=C(C(C)C)C(C(C)C)(C(C)(C)C)C(C2=CC=CC2)=C2[C]([Zr]=[C](c3ccccc3)c3ccccc3)=c3cc(C(C)(C)C)ccc3=C21. The van der Waals surface area contributed by atoms with Gasteiger partial charge in [-0.25, -0.2) is 0 Å². The van der Waals surface area contributed by atoms with Crippen LogP contribution in [0.4, 0.5) is 0 Å². The number of rotatable bonds is 7. The van der Waals surface area contributed by atoms with E-state index in [0.29, 0.717) is 17.8 Å². The van der Waals surface area contributed by atoms with Crippen molar-refractivity contribution in [3.8, 4) is 0 Å². The van der Waals surface area contributed by atoms with Gasteiger partial charge in [0.2, 0.25) is 0 Å². The Labute approximate surface area is 308 Å². The fourth-order valence-corrected chi connectivity index (χ4v) is 13.4. The van der Waals surface area contributed by atoms with Crippen molar-refractivity contribution in [1.29, 1.82) is 0 Å². The molecule has 0 bridgehead atoms. The normalized spacial score (nSPS) is 19.3. The van der Waals surface area contributed by atoms with E-state index in [0.717, 1.165) is 6.42 Å². The first-order valence-electron chi connectivity index (χ1n) is 18.6. The van der Waals surface area contributed by atoms with Gasteiger partial charge in [0.05, 0.1) is 0 Å². The Kier molecular flexibility index (Phi) is 9.78. The Morgan fingerprint density at radius 1 is 0.694 bits per heavy atom. The summed E-state index contributed by atoms with van der Waals surface area (Å²) in [5.41, 5.74) is 13.7. The summed E-state index contributed by atoms with van der Waals surface area (Å²) < 4.78 is 3.23. The third kappa shape index (κ3) is 6.01. The average molecular weight is 725 g/mol. The van der Waals surface area contributed by atoms with Gasteiger partial charge >= 0.3 is 310 Å². The van der Waals surface area contributed by atoms with Gasteiger partial charge in [0.15, 0.2) is 0 Å². The van der Waals surface area contributed by atoms with E-state index < -0.39 is 22.8 Å². The molecule has 0 radical (unpaired) electrons. The number of hydrogen-bond acceptors (Lipinski definition) is 0. The molecule has 3 aromatic carbocycles. The standard InChI is InChI=1S/C35H47.C13H10.Zr/c1-21(2)29-30-27-18-17-26(33(7,8)9)19-25(27)20-28(30)32(24-15-13-14-16-24)35(23(5)6,34(10,11)12)31(29)22(3)4;1-3-7-12(8-4-1)11-13-9-5-2-6-10-13;/h13-15,17-19,21-23H,16H2,1-12H3;1-10H;. The minimum atomic E-state index is -1.42. The van der Waals surface area contributed by atoms with Crippen LogP contribution in [-0.2, 0) is 28.2 Å². The fraction of sp³-hybridized carbons (Fsp3) is 0.396. The van der Waals surface area contributed by atoms with Crippen LogP contribution in [-0.4, -0.2) is 3.21 Å². The summed E-state index contributed by atoms with van der Waals surface area (Å²) in [6.07, 6.45) is 8.18. The molecule has 0 aromatic heterocycles. The van der Waals surface area contributed by atoms with Crippen LogP contribution >= 0.6 is 0 Å². The van der Waals surface area contributed by atoms with E-state index in [4.69, 9.17) is 0 Å². The number of allylic oxidation sites excluding steroid dienone is 8. The van der Waals surface area contributed by atoms with E-state index in [1.54, 1.807) is 34.4 Å². The van der Waals surface area contributed by atoms with Crippen molar-refractivity contribution in [2.24, 2.45) is 28.6 Å². The fourth-order valence-electron chi connectivity index (χ4n) is 9.47. The summed E-state index contributed by atoms with van der Waals surface area (Å²) in [7, 11) is 0. The van der Waals surface area contributed by atoms with Gasteiger partial charge in [0.25, 0.3) is 0 Å². The van der Waals surface area contributed by atoms with Gasteiger partial charge in [0, 0.05) is 0 Å². The zero-order valence-electron chi connectivity index (χ0n) is 32.2. The quantitative estimate of drug-likeness (QED) is 0.228. The second kappa shape index (κ2) is 13.3. The second-order valence-corrected chi connectivity index (χ2v) is 20.5. The molecule has 0 spiro atoms. The van der Waals surface area contributed by atoms with Gasteiger partial charge in [-0.15, -0.1) is 0 Å². The summed E-state index contributed by atoms with van der Waals surface area (Å²) in [5.74, 6) is 1.26. The first kappa shape index (κ1) is 35.9. The Morgan fingerprint density at radius 2 is 1.29 bits per heavy atom. The molecule has 253 valence electrons. The number of hydrogen-bond donors (Lipinski definition) is 0. The third-order valence-corrected chi connectivity index (χ3v) is 15.1. The van der Waals surface area contributed by atoms with Crippen molar-refractivity contribution >= 4 is 12.1 Å². The number of benzene rings is 3. The molecule has 0 N–H and O–H groups in total. The molecule has 0 fully saturated rings. The van der Waals surface area contributed by atoms with Gasteiger partial charge in [-0.3, -0.25) is 0 Å². The van der Waals surface area contributed by atoms with E-state index in [1.165, 1.54) is 32.7 Å². The van der Waals surface area contributed by atoms with Crippen LogP contribution in [0.2, 0.25) is 0 Å². The van der Waals surface area contributed by atoms with E-state index in [9.17, 15) is 0 Å². The van der Waals surface area contributed by atoms with Crippen LogP contribution < -0.4 is 10.4 Å². The Hall–Kier alpha value is -2.89. The van der Waals surface area contributed by atoms with E-state index in [-0.39, 0.29) is 16.2 Å². The minimum absolute atomic E-state index is 0.00506. The molecule has 3 aliphatic rings. The molecule has 3 aliphatic carbocycles. The van der Waals surface area contributed by atoms with Crippen molar-refractivity contribution in [2.45, 2.75) is 94.9 Å². The molecule has 1 atom stereocenters. The van der Waals surface area contributed by atoms with Gasteiger partial charge < -0.3 is 0 Å². The van der Waals surface area contributed by atoms with Gasteiger partial charge in [-0.05, 0) is 0 Å². The summed E-state index contributed by atoms with van der Waals surface area (Å²) in [6, 6.07) is 30.1. The molecule has 0 aliphatic heterocycles. The van der Waals surface area contributed by atoms with E-state index in [1.807, 2.05) is 0 Å². The monoisotopic (exact) mass is 723 g/mol. The molecular weight excluding hydrogens is 668 g/mol. The van der Waals surface area contributed by atoms with Crippen LogP contribution in [0.15, 0.2) is 125 Å². The van der Waals surface area contributed by atoms with Gasteiger partial charge in [-0.2, -0.15) is 0 Å². The van der Waals surface area contributed by atoms with Crippen molar-refractivity contribution < 1.29 is 22.8 Å². The number of fused-ring (bicyclic) bond motifs is 2.